The predicted molar refractivity (Wildman–Crippen MR) is 136 cm³/mol. The molecule has 0 spiro atoms. The lowest BCUT2D eigenvalue weighted by Crippen LogP contribution is -2.34. The molecule has 10 nitrogen and oxygen atoms in total. The Morgan fingerprint density at radius 3 is 2.20 bits per heavy atom. The quantitative estimate of drug-likeness (QED) is 0.338. The molecule has 0 aliphatic heterocycles. The van der Waals surface area contributed by atoms with Crippen LogP contribution in [0.5, 0.6) is 0 Å². The summed E-state index contributed by atoms with van der Waals surface area (Å²) in [7, 11) is -7.44. The lowest BCUT2D eigenvalue weighted by molar-refractivity contribution is 0.0935. The molecule has 1 heterocycles. The number of hydrogen-bond acceptors (Lipinski definition) is 7. The van der Waals surface area contributed by atoms with Gasteiger partial charge in [0.2, 0.25) is 10.0 Å². The Bertz CT molecular complexity index is 1330. The molecule has 2 aromatic carbocycles. The number of halogens is 1. The SMILES string of the molecule is CCOP(=O)(OCC)C(C)NC(=O)c1cc(-c2ccc(Br)cc2)n(-c2ccc(S(N)(=O)=O)cc2)n1. The number of nitrogens with zero attached hydrogens (tertiary/aromatic N) is 2. The van der Waals surface area contributed by atoms with Crippen molar-refractivity contribution in [1.82, 2.24) is 15.1 Å². The maximum absolute atomic E-state index is 13.1. The van der Waals surface area contributed by atoms with Crippen molar-refractivity contribution >= 4 is 39.5 Å². The van der Waals surface area contributed by atoms with E-state index in [9.17, 15) is 17.8 Å². The number of primary sulfonamides is 1. The minimum Gasteiger partial charge on any atom is -0.337 e. The largest absolute Gasteiger partial charge is 0.352 e. The molecule has 188 valence electrons. The van der Waals surface area contributed by atoms with E-state index in [1.807, 2.05) is 24.3 Å². The first-order valence-corrected chi connectivity index (χ1v) is 14.6. The number of hydrogen-bond donors (Lipinski definition) is 2. The van der Waals surface area contributed by atoms with Crippen molar-refractivity contribution in [3.8, 4) is 16.9 Å². The monoisotopic (exact) mass is 584 g/mol. The average Bonchev–Trinajstić information content (AvgIpc) is 3.25. The van der Waals surface area contributed by atoms with Crippen molar-refractivity contribution < 1.29 is 26.8 Å². The molecule has 1 unspecified atom stereocenters. The van der Waals surface area contributed by atoms with Crippen LogP contribution in [-0.2, 0) is 23.6 Å². The number of nitrogens with one attached hydrogen (secondary N) is 1. The molecule has 3 aromatic rings. The number of amides is 1. The van der Waals surface area contributed by atoms with Gasteiger partial charge in [-0.2, -0.15) is 5.10 Å². The Morgan fingerprint density at radius 2 is 1.69 bits per heavy atom. The van der Waals surface area contributed by atoms with E-state index in [-0.39, 0.29) is 23.8 Å². The van der Waals surface area contributed by atoms with E-state index in [1.165, 1.54) is 28.9 Å². The molecule has 3 N–H and O–H groups in total. The molecule has 0 fully saturated rings. The molecule has 1 atom stereocenters. The molecular formula is C22H26BrN4O6PS. The van der Waals surface area contributed by atoms with E-state index < -0.39 is 29.3 Å². The number of aromatic nitrogens is 2. The van der Waals surface area contributed by atoms with Gasteiger partial charge in [-0.15, -0.1) is 0 Å². The van der Waals surface area contributed by atoms with Crippen LogP contribution in [0.25, 0.3) is 16.9 Å². The molecular weight excluding hydrogens is 559 g/mol. The predicted octanol–water partition coefficient (Wildman–Crippen LogP) is 4.29. The molecule has 0 saturated heterocycles. The van der Waals surface area contributed by atoms with Gasteiger partial charge in [-0.1, -0.05) is 28.1 Å². The summed E-state index contributed by atoms with van der Waals surface area (Å²) in [6.45, 7) is 5.24. The number of sulfonamides is 1. The van der Waals surface area contributed by atoms with Gasteiger partial charge in [0.15, 0.2) is 5.69 Å². The van der Waals surface area contributed by atoms with Gasteiger partial charge in [0.1, 0.15) is 5.78 Å². The summed E-state index contributed by atoms with van der Waals surface area (Å²) < 4.78 is 49.3. The molecule has 0 aliphatic rings. The third kappa shape index (κ3) is 6.46. The first kappa shape index (κ1) is 27.3. The third-order valence-electron chi connectivity index (χ3n) is 4.92. The topological polar surface area (TPSA) is 143 Å². The smallest absolute Gasteiger partial charge is 0.337 e. The molecule has 3 rings (SSSR count). The normalized spacial score (nSPS) is 12.9. The molecule has 0 bridgehead atoms. The van der Waals surface area contributed by atoms with Crippen LogP contribution in [0.4, 0.5) is 0 Å². The summed E-state index contributed by atoms with van der Waals surface area (Å²) in [5.41, 5.74) is 1.91. The zero-order valence-corrected chi connectivity index (χ0v) is 22.6. The lowest BCUT2D eigenvalue weighted by Gasteiger charge is -2.23. The first-order chi connectivity index (χ1) is 16.5. The van der Waals surface area contributed by atoms with Crippen molar-refractivity contribution in [1.29, 1.82) is 0 Å². The van der Waals surface area contributed by atoms with Crippen LogP contribution in [0.3, 0.4) is 0 Å². The average molecular weight is 585 g/mol. The van der Waals surface area contributed by atoms with Gasteiger partial charge in [-0.25, -0.2) is 18.2 Å². The van der Waals surface area contributed by atoms with Crippen molar-refractivity contribution in [2.24, 2.45) is 5.14 Å². The van der Waals surface area contributed by atoms with Crippen molar-refractivity contribution in [3.05, 3.63) is 64.8 Å². The van der Waals surface area contributed by atoms with Crippen LogP contribution in [0.2, 0.25) is 0 Å². The van der Waals surface area contributed by atoms with Gasteiger partial charge < -0.3 is 14.4 Å². The highest BCUT2D eigenvalue weighted by Gasteiger charge is 2.34. The summed E-state index contributed by atoms with van der Waals surface area (Å²) >= 11 is 3.40. The minimum atomic E-state index is -3.86. The van der Waals surface area contributed by atoms with E-state index in [0.29, 0.717) is 11.4 Å². The fourth-order valence-electron chi connectivity index (χ4n) is 3.26. The Morgan fingerprint density at radius 1 is 1.11 bits per heavy atom. The third-order valence-corrected chi connectivity index (χ3v) is 8.70. The molecule has 35 heavy (non-hydrogen) atoms. The molecule has 0 radical (unpaired) electrons. The van der Waals surface area contributed by atoms with Crippen LogP contribution in [0.1, 0.15) is 31.3 Å². The summed E-state index contributed by atoms with van der Waals surface area (Å²) in [5.74, 6) is -1.49. The number of carbonyl (C=O) groups excluding carboxylic acids is 1. The molecule has 1 amide bonds. The zero-order chi connectivity index (χ0) is 25.8. The highest BCUT2D eigenvalue weighted by atomic mass is 79.9. The van der Waals surface area contributed by atoms with E-state index in [0.717, 1.165) is 10.0 Å². The van der Waals surface area contributed by atoms with Gasteiger partial charge in [-0.05, 0) is 63.2 Å². The maximum atomic E-state index is 13.1. The van der Waals surface area contributed by atoms with Gasteiger partial charge in [0.05, 0.1) is 29.5 Å². The molecule has 1 aromatic heterocycles. The number of benzene rings is 2. The van der Waals surface area contributed by atoms with Crippen molar-refractivity contribution in [2.75, 3.05) is 13.2 Å². The Balaban J connectivity index is 2.01. The number of rotatable bonds is 10. The standard InChI is InChI=1S/C22H26BrN4O6PS/c1-4-32-34(29,33-5-2)15(3)25-22(28)20-14-21(16-6-8-17(23)9-7-16)27(26-20)18-10-12-19(13-11-18)35(24,30)31/h6-15H,4-5H2,1-3H3,(H,25,28)(H2,24,30,31). The van der Waals surface area contributed by atoms with E-state index in [1.54, 1.807) is 26.8 Å². The van der Waals surface area contributed by atoms with E-state index >= 15 is 0 Å². The minimum absolute atomic E-state index is 0.0482. The Labute approximate surface area is 212 Å². The van der Waals surface area contributed by atoms with Gasteiger partial charge >= 0.3 is 7.60 Å². The second-order valence-electron chi connectivity index (χ2n) is 7.40. The van der Waals surface area contributed by atoms with Crippen LogP contribution in [-0.4, -0.2) is 43.1 Å². The summed E-state index contributed by atoms with van der Waals surface area (Å²) in [6, 6.07) is 14.8. The molecule has 13 heteroatoms. The summed E-state index contributed by atoms with van der Waals surface area (Å²) in [4.78, 5) is 13.0. The highest BCUT2D eigenvalue weighted by Crippen LogP contribution is 2.51. The van der Waals surface area contributed by atoms with Crippen LogP contribution in [0, 0.1) is 0 Å². The van der Waals surface area contributed by atoms with Crippen LogP contribution in [0.15, 0.2) is 64.0 Å². The van der Waals surface area contributed by atoms with Gasteiger partial charge in [0, 0.05) is 10.0 Å². The van der Waals surface area contributed by atoms with Crippen LogP contribution >= 0.6 is 23.5 Å². The second-order valence-corrected chi connectivity index (χ2v) is 12.2. The highest BCUT2D eigenvalue weighted by molar-refractivity contribution is 9.10. The number of nitrogens with two attached hydrogens (primary N) is 1. The van der Waals surface area contributed by atoms with Crippen molar-refractivity contribution in [2.45, 2.75) is 31.4 Å². The first-order valence-electron chi connectivity index (χ1n) is 10.7. The summed E-state index contributed by atoms with van der Waals surface area (Å²) in [5, 5.41) is 12.3. The van der Waals surface area contributed by atoms with E-state index in [4.69, 9.17) is 14.2 Å². The van der Waals surface area contributed by atoms with Gasteiger partial charge in [0.25, 0.3) is 5.91 Å². The van der Waals surface area contributed by atoms with E-state index in [2.05, 4.69) is 26.3 Å². The van der Waals surface area contributed by atoms with Crippen LogP contribution < -0.4 is 10.5 Å². The second kappa shape index (κ2) is 11.2. The zero-order valence-electron chi connectivity index (χ0n) is 19.3. The van der Waals surface area contributed by atoms with Gasteiger partial charge in [-0.3, -0.25) is 9.36 Å². The molecule has 0 saturated carbocycles. The fourth-order valence-corrected chi connectivity index (χ4v) is 5.55. The summed E-state index contributed by atoms with van der Waals surface area (Å²) in [6.07, 6.45) is 0. The maximum Gasteiger partial charge on any atom is 0.352 e. The fraction of sp³-hybridized carbons (Fsp3) is 0.273. The Kier molecular flexibility index (Phi) is 8.68. The lowest BCUT2D eigenvalue weighted by atomic mass is 10.1. The number of carbonyl (C=O) groups is 1. The Hall–Kier alpha value is -2.34. The van der Waals surface area contributed by atoms with Crippen molar-refractivity contribution in [3.63, 3.8) is 0 Å². The molecule has 0 aliphatic carbocycles.